The van der Waals surface area contributed by atoms with Crippen LogP contribution in [0.1, 0.15) is 46.5 Å². The number of rotatable bonds is 5. The molecule has 1 aliphatic rings. The van der Waals surface area contributed by atoms with Crippen LogP contribution in [0.3, 0.4) is 0 Å². The molecule has 1 heterocycles. The van der Waals surface area contributed by atoms with Gasteiger partial charge in [0.25, 0.3) is 0 Å². The molecule has 0 aromatic heterocycles. The second kappa shape index (κ2) is 6.49. The lowest BCUT2D eigenvalue weighted by Crippen LogP contribution is -2.33. The monoisotopic (exact) mass is 212 g/mol. The van der Waals surface area contributed by atoms with E-state index in [4.69, 9.17) is 0 Å². The molecule has 0 aromatic rings. The smallest absolute Gasteiger partial charge is 0.0107 e. The molecule has 0 aromatic carbocycles. The van der Waals surface area contributed by atoms with E-state index in [1.807, 2.05) is 0 Å². The Bertz CT molecular complexity index is 166. The first-order valence-electron chi connectivity index (χ1n) is 6.57. The van der Waals surface area contributed by atoms with Gasteiger partial charge in [-0.25, -0.2) is 0 Å². The summed E-state index contributed by atoms with van der Waals surface area (Å²) in [4.78, 5) is 2.62. The summed E-state index contributed by atoms with van der Waals surface area (Å²) < 4.78 is 0. The number of likely N-dealkylation sites (tertiary alicyclic amines) is 1. The van der Waals surface area contributed by atoms with E-state index in [9.17, 15) is 0 Å². The van der Waals surface area contributed by atoms with Crippen LogP contribution in [0, 0.1) is 5.41 Å². The molecular weight excluding hydrogens is 184 g/mol. The summed E-state index contributed by atoms with van der Waals surface area (Å²) in [6.07, 6.45) is 5.38. The Hall–Kier alpha value is -0.0800. The van der Waals surface area contributed by atoms with Gasteiger partial charge in [0.15, 0.2) is 0 Å². The van der Waals surface area contributed by atoms with Gasteiger partial charge < -0.3 is 10.2 Å². The Labute approximate surface area is 95.4 Å². The van der Waals surface area contributed by atoms with Crippen LogP contribution < -0.4 is 5.32 Å². The van der Waals surface area contributed by atoms with E-state index in [1.54, 1.807) is 0 Å². The average Bonchev–Trinajstić information content (AvgIpc) is 2.35. The highest BCUT2D eigenvalue weighted by molar-refractivity contribution is 4.76. The number of nitrogens with one attached hydrogen (secondary N) is 1. The van der Waals surface area contributed by atoms with Gasteiger partial charge in [-0.05, 0) is 50.7 Å². The van der Waals surface area contributed by atoms with Crippen molar-refractivity contribution in [2.24, 2.45) is 5.41 Å². The second-order valence-corrected chi connectivity index (χ2v) is 5.61. The predicted molar refractivity (Wildman–Crippen MR) is 67.2 cm³/mol. The zero-order valence-corrected chi connectivity index (χ0v) is 10.8. The van der Waals surface area contributed by atoms with Crippen molar-refractivity contribution in [3.05, 3.63) is 0 Å². The molecule has 0 amide bonds. The van der Waals surface area contributed by atoms with Crippen LogP contribution in [-0.4, -0.2) is 37.6 Å². The van der Waals surface area contributed by atoms with E-state index in [0.717, 1.165) is 6.54 Å². The van der Waals surface area contributed by atoms with Gasteiger partial charge >= 0.3 is 0 Å². The maximum absolute atomic E-state index is 3.48. The first kappa shape index (κ1) is 13.0. The van der Waals surface area contributed by atoms with Crippen LogP contribution in [0.2, 0.25) is 0 Å². The van der Waals surface area contributed by atoms with Gasteiger partial charge in [0.1, 0.15) is 0 Å². The van der Waals surface area contributed by atoms with E-state index in [2.05, 4.69) is 31.0 Å². The highest BCUT2D eigenvalue weighted by Gasteiger charge is 2.22. The zero-order valence-electron chi connectivity index (χ0n) is 10.8. The van der Waals surface area contributed by atoms with E-state index in [-0.39, 0.29) is 0 Å². The van der Waals surface area contributed by atoms with Crippen LogP contribution in [0.5, 0.6) is 0 Å². The van der Waals surface area contributed by atoms with Crippen LogP contribution in [-0.2, 0) is 0 Å². The molecule has 0 aliphatic carbocycles. The Morgan fingerprint density at radius 2 is 1.93 bits per heavy atom. The van der Waals surface area contributed by atoms with E-state index < -0.39 is 0 Å². The van der Waals surface area contributed by atoms with Crippen LogP contribution >= 0.6 is 0 Å². The third-order valence-corrected chi connectivity index (χ3v) is 3.46. The van der Waals surface area contributed by atoms with Gasteiger partial charge in [0.2, 0.25) is 0 Å². The van der Waals surface area contributed by atoms with Crippen molar-refractivity contribution < 1.29 is 0 Å². The zero-order chi connectivity index (χ0) is 11.1. The largest absolute Gasteiger partial charge is 0.315 e. The first-order chi connectivity index (χ1) is 7.14. The van der Waals surface area contributed by atoms with Gasteiger partial charge in [0, 0.05) is 13.1 Å². The fourth-order valence-corrected chi connectivity index (χ4v) is 2.24. The fraction of sp³-hybridized carbons (Fsp3) is 1.00. The maximum Gasteiger partial charge on any atom is 0.0107 e. The molecule has 0 unspecified atom stereocenters. The lowest BCUT2D eigenvalue weighted by atomic mass is 9.85. The lowest BCUT2D eigenvalue weighted by Gasteiger charge is -2.23. The highest BCUT2D eigenvalue weighted by Crippen LogP contribution is 2.29. The van der Waals surface area contributed by atoms with Crippen LogP contribution in [0.15, 0.2) is 0 Å². The third-order valence-electron chi connectivity index (χ3n) is 3.46. The van der Waals surface area contributed by atoms with Crippen molar-refractivity contribution in [1.82, 2.24) is 10.2 Å². The van der Waals surface area contributed by atoms with Gasteiger partial charge in [-0.1, -0.05) is 20.8 Å². The van der Waals surface area contributed by atoms with Gasteiger partial charge in [-0.15, -0.1) is 0 Å². The minimum Gasteiger partial charge on any atom is -0.315 e. The molecular formula is C13H28N2. The van der Waals surface area contributed by atoms with Crippen molar-refractivity contribution in [1.29, 1.82) is 0 Å². The lowest BCUT2D eigenvalue weighted by molar-refractivity contribution is 0.262. The second-order valence-electron chi connectivity index (χ2n) is 5.61. The molecule has 1 rings (SSSR count). The summed E-state index contributed by atoms with van der Waals surface area (Å²) in [6.45, 7) is 13.2. The molecule has 1 aliphatic heterocycles. The summed E-state index contributed by atoms with van der Waals surface area (Å²) in [6, 6.07) is 0. The normalized spacial score (nSPS) is 22.6. The van der Waals surface area contributed by atoms with Crippen molar-refractivity contribution in [2.75, 3.05) is 32.7 Å². The molecule has 1 N–H and O–H groups in total. The molecule has 0 bridgehead atoms. The molecule has 15 heavy (non-hydrogen) atoms. The van der Waals surface area contributed by atoms with Gasteiger partial charge in [-0.2, -0.15) is 0 Å². The van der Waals surface area contributed by atoms with E-state index in [1.165, 1.54) is 51.9 Å². The van der Waals surface area contributed by atoms with Crippen LogP contribution in [0.4, 0.5) is 0 Å². The summed E-state index contributed by atoms with van der Waals surface area (Å²) in [5, 5.41) is 3.48. The highest BCUT2D eigenvalue weighted by atomic mass is 15.1. The van der Waals surface area contributed by atoms with Gasteiger partial charge in [-0.3, -0.25) is 0 Å². The standard InChI is InChI=1S/C13H28N2/c1-4-8-14-9-12-15-10-5-6-13(2,3)7-11-15/h14H,4-12H2,1-3H3. The Morgan fingerprint density at radius 1 is 1.13 bits per heavy atom. The van der Waals surface area contributed by atoms with Crippen LogP contribution in [0.25, 0.3) is 0 Å². The molecule has 0 radical (unpaired) electrons. The molecule has 90 valence electrons. The van der Waals surface area contributed by atoms with E-state index in [0.29, 0.717) is 5.41 Å². The van der Waals surface area contributed by atoms with Crippen molar-refractivity contribution in [2.45, 2.75) is 46.5 Å². The molecule has 0 saturated carbocycles. The van der Waals surface area contributed by atoms with Crippen molar-refractivity contribution in [3.8, 4) is 0 Å². The predicted octanol–water partition coefficient (Wildman–Crippen LogP) is 2.50. The van der Waals surface area contributed by atoms with Crippen molar-refractivity contribution in [3.63, 3.8) is 0 Å². The topological polar surface area (TPSA) is 15.3 Å². The molecule has 1 fully saturated rings. The minimum atomic E-state index is 0.575. The molecule has 2 nitrogen and oxygen atoms in total. The summed E-state index contributed by atoms with van der Waals surface area (Å²) in [7, 11) is 0. The number of hydrogen-bond donors (Lipinski definition) is 1. The Kier molecular flexibility index (Phi) is 5.62. The molecule has 0 atom stereocenters. The molecule has 1 saturated heterocycles. The number of nitrogens with zero attached hydrogens (tertiary/aromatic N) is 1. The number of hydrogen-bond acceptors (Lipinski definition) is 2. The summed E-state index contributed by atoms with van der Waals surface area (Å²) >= 11 is 0. The first-order valence-corrected chi connectivity index (χ1v) is 6.57. The SMILES string of the molecule is CCCNCCN1CCCC(C)(C)CC1. The fourth-order valence-electron chi connectivity index (χ4n) is 2.24. The average molecular weight is 212 g/mol. The molecule has 0 spiro atoms. The van der Waals surface area contributed by atoms with Crippen molar-refractivity contribution >= 4 is 0 Å². The summed E-state index contributed by atoms with van der Waals surface area (Å²) in [5.74, 6) is 0. The quantitative estimate of drug-likeness (QED) is 0.704. The molecule has 2 heteroatoms. The third kappa shape index (κ3) is 5.53. The minimum absolute atomic E-state index is 0.575. The Balaban J connectivity index is 2.14. The Morgan fingerprint density at radius 3 is 2.67 bits per heavy atom. The maximum atomic E-state index is 3.48. The van der Waals surface area contributed by atoms with E-state index >= 15 is 0 Å². The summed E-state index contributed by atoms with van der Waals surface area (Å²) in [5.41, 5.74) is 0.575. The van der Waals surface area contributed by atoms with Gasteiger partial charge in [0.05, 0.1) is 0 Å².